The Labute approximate surface area is 61.4 Å². The second-order valence-electron chi connectivity index (χ2n) is 3.03. The molecule has 1 nitrogen and oxygen atoms in total. The molecule has 2 aliphatic rings. The van der Waals surface area contributed by atoms with Gasteiger partial charge in [0.05, 0.1) is 6.10 Å². The van der Waals surface area contributed by atoms with Gasteiger partial charge in [-0.25, -0.2) is 0 Å². The normalized spacial score (nSPS) is 42.7. The van der Waals surface area contributed by atoms with E-state index in [1.807, 2.05) is 0 Å². The number of ether oxygens (including phenoxy) is 1. The third kappa shape index (κ3) is 0.816. The molecule has 0 amide bonds. The summed E-state index contributed by atoms with van der Waals surface area (Å²) in [6, 6.07) is 0. The molecule has 3 atom stereocenters. The van der Waals surface area contributed by atoms with Crippen LogP contribution in [0.15, 0.2) is 24.3 Å². The number of rotatable bonds is 1. The molecule has 1 heteroatoms. The number of hydrogen-bond donors (Lipinski definition) is 0. The Morgan fingerprint density at radius 2 is 2.00 bits per heavy atom. The van der Waals surface area contributed by atoms with E-state index in [1.165, 1.54) is 6.42 Å². The average Bonchev–Trinajstić information content (AvgIpc) is 2.34. The predicted molar refractivity (Wildman–Crippen MR) is 40.7 cm³/mol. The van der Waals surface area contributed by atoms with Gasteiger partial charge < -0.3 is 4.74 Å². The molecule has 3 unspecified atom stereocenters. The van der Waals surface area contributed by atoms with Gasteiger partial charge in [0, 0.05) is 13.0 Å². The second kappa shape index (κ2) is 2.24. The zero-order valence-corrected chi connectivity index (χ0v) is 6.16. The van der Waals surface area contributed by atoms with E-state index >= 15 is 0 Å². The molecule has 0 aromatic rings. The standard InChI is InChI=1S/C9H12O/c1-10-9-5-3-7-2-4-8(9)6-7/h2-5,7-9H,6H2,1H3. The van der Waals surface area contributed by atoms with Crippen molar-refractivity contribution in [1.29, 1.82) is 0 Å². The van der Waals surface area contributed by atoms with Gasteiger partial charge in [0.2, 0.25) is 0 Å². The van der Waals surface area contributed by atoms with Crippen LogP contribution >= 0.6 is 0 Å². The number of fused-ring (bicyclic) bond motifs is 2. The van der Waals surface area contributed by atoms with Gasteiger partial charge in [-0.1, -0.05) is 24.3 Å². The smallest absolute Gasteiger partial charge is 0.0815 e. The van der Waals surface area contributed by atoms with E-state index in [4.69, 9.17) is 4.74 Å². The van der Waals surface area contributed by atoms with Crippen LogP contribution in [0, 0.1) is 11.8 Å². The Morgan fingerprint density at radius 3 is 2.80 bits per heavy atom. The molecule has 0 aromatic heterocycles. The van der Waals surface area contributed by atoms with Gasteiger partial charge in [-0.3, -0.25) is 0 Å². The zero-order chi connectivity index (χ0) is 6.97. The third-order valence-electron chi connectivity index (χ3n) is 2.39. The lowest BCUT2D eigenvalue weighted by Crippen LogP contribution is -2.20. The van der Waals surface area contributed by atoms with Crippen molar-refractivity contribution >= 4 is 0 Å². The quantitative estimate of drug-likeness (QED) is 0.499. The molecule has 0 radical (unpaired) electrons. The highest BCUT2D eigenvalue weighted by molar-refractivity contribution is 5.19. The highest BCUT2D eigenvalue weighted by atomic mass is 16.5. The van der Waals surface area contributed by atoms with E-state index < -0.39 is 0 Å². The minimum atomic E-state index is 0.343. The van der Waals surface area contributed by atoms with Gasteiger partial charge in [-0.2, -0.15) is 0 Å². The maximum absolute atomic E-state index is 5.28. The van der Waals surface area contributed by atoms with E-state index in [1.54, 1.807) is 7.11 Å². The molecule has 0 aliphatic heterocycles. The van der Waals surface area contributed by atoms with E-state index in [0.717, 1.165) is 0 Å². The molecule has 0 fully saturated rings. The Bertz CT molecular complexity index is 181. The van der Waals surface area contributed by atoms with E-state index in [-0.39, 0.29) is 0 Å². The summed E-state index contributed by atoms with van der Waals surface area (Å²) in [5, 5.41) is 0. The van der Waals surface area contributed by atoms with Crippen LogP contribution in [-0.4, -0.2) is 13.2 Å². The van der Waals surface area contributed by atoms with Gasteiger partial charge >= 0.3 is 0 Å². The maximum atomic E-state index is 5.28. The molecule has 0 heterocycles. The number of methoxy groups -OCH3 is 1. The minimum absolute atomic E-state index is 0.343. The number of hydrogen-bond acceptors (Lipinski definition) is 1. The zero-order valence-electron chi connectivity index (χ0n) is 6.16. The largest absolute Gasteiger partial charge is 0.377 e. The fourth-order valence-corrected chi connectivity index (χ4v) is 1.79. The lowest BCUT2D eigenvalue weighted by Gasteiger charge is -2.21. The predicted octanol–water partition coefficient (Wildman–Crippen LogP) is 1.76. The highest BCUT2D eigenvalue weighted by Gasteiger charge is 2.27. The highest BCUT2D eigenvalue weighted by Crippen LogP contribution is 2.33. The summed E-state index contributed by atoms with van der Waals surface area (Å²) < 4.78 is 5.28. The first-order valence-corrected chi connectivity index (χ1v) is 3.79. The van der Waals surface area contributed by atoms with E-state index in [0.29, 0.717) is 17.9 Å². The fraction of sp³-hybridized carbons (Fsp3) is 0.556. The molecular weight excluding hydrogens is 124 g/mol. The Morgan fingerprint density at radius 1 is 1.20 bits per heavy atom. The van der Waals surface area contributed by atoms with Gasteiger partial charge in [-0.05, 0) is 12.3 Å². The van der Waals surface area contributed by atoms with Crippen LogP contribution in [0.1, 0.15) is 6.42 Å². The molecule has 0 spiro atoms. The first-order chi connectivity index (χ1) is 4.90. The van der Waals surface area contributed by atoms with Gasteiger partial charge in [0.1, 0.15) is 0 Å². The molecule has 2 rings (SSSR count). The topological polar surface area (TPSA) is 9.23 Å². The molecule has 0 aromatic carbocycles. The second-order valence-corrected chi connectivity index (χ2v) is 3.03. The van der Waals surface area contributed by atoms with Gasteiger partial charge in [0.25, 0.3) is 0 Å². The molecule has 10 heavy (non-hydrogen) atoms. The summed E-state index contributed by atoms with van der Waals surface area (Å²) in [6.45, 7) is 0. The van der Waals surface area contributed by atoms with Crippen molar-refractivity contribution < 1.29 is 4.74 Å². The van der Waals surface area contributed by atoms with Gasteiger partial charge in [-0.15, -0.1) is 0 Å². The Kier molecular flexibility index (Phi) is 1.38. The molecule has 0 saturated carbocycles. The van der Waals surface area contributed by atoms with Crippen LogP contribution < -0.4 is 0 Å². The van der Waals surface area contributed by atoms with Crippen molar-refractivity contribution in [2.75, 3.05) is 7.11 Å². The minimum Gasteiger partial charge on any atom is -0.377 e. The summed E-state index contributed by atoms with van der Waals surface area (Å²) >= 11 is 0. The average molecular weight is 136 g/mol. The molecule has 0 N–H and O–H groups in total. The number of allylic oxidation sites excluding steroid dienone is 2. The first-order valence-electron chi connectivity index (χ1n) is 3.79. The van der Waals surface area contributed by atoms with Crippen molar-refractivity contribution in [2.45, 2.75) is 12.5 Å². The lowest BCUT2D eigenvalue weighted by molar-refractivity contribution is 0.0996. The van der Waals surface area contributed by atoms with Crippen LogP contribution in [-0.2, 0) is 4.74 Å². The van der Waals surface area contributed by atoms with Crippen molar-refractivity contribution in [2.24, 2.45) is 11.8 Å². The van der Waals surface area contributed by atoms with E-state index in [9.17, 15) is 0 Å². The SMILES string of the molecule is COC1C=CC2C=CC1C2. The lowest BCUT2D eigenvalue weighted by atomic mass is 9.92. The fourth-order valence-electron chi connectivity index (χ4n) is 1.79. The summed E-state index contributed by atoms with van der Waals surface area (Å²) in [5.41, 5.74) is 0. The molecular formula is C9H12O. The third-order valence-corrected chi connectivity index (χ3v) is 2.39. The summed E-state index contributed by atoms with van der Waals surface area (Å²) in [7, 11) is 1.78. The monoisotopic (exact) mass is 136 g/mol. The molecule has 54 valence electrons. The summed E-state index contributed by atoms with van der Waals surface area (Å²) in [5.74, 6) is 1.36. The Hall–Kier alpha value is -0.560. The van der Waals surface area contributed by atoms with Crippen molar-refractivity contribution in [1.82, 2.24) is 0 Å². The van der Waals surface area contributed by atoms with Crippen LogP contribution in [0.3, 0.4) is 0 Å². The summed E-state index contributed by atoms with van der Waals surface area (Å²) in [6.07, 6.45) is 10.6. The Balaban J connectivity index is 2.19. The van der Waals surface area contributed by atoms with Crippen molar-refractivity contribution in [3.8, 4) is 0 Å². The first kappa shape index (κ1) is 6.17. The van der Waals surface area contributed by atoms with E-state index in [2.05, 4.69) is 24.3 Å². The molecule has 2 bridgehead atoms. The van der Waals surface area contributed by atoms with Crippen LogP contribution in [0.2, 0.25) is 0 Å². The van der Waals surface area contributed by atoms with Gasteiger partial charge in [0.15, 0.2) is 0 Å². The molecule has 0 saturated heterocycles. The maximum Gasteiger partial charge on any atom is 0.0815 e. The van der Waals surface area contributed by atoms with Crippen molar-refractivity contribution in [3.05, 3.63) is 24.3 Å². The van der Waals surface area contributed by atoms with Crippen LogP contribution in [0.25, 0.3) is 0 Å². The van der Waals surface area contributed by atoms with Crippen LogP contribution in [0.5, 0.6) is 0 Å². The summed E-state index contributed by atoms with van der Waals surface area (Å²) in [4.78, 5) is 0. The van der Waals surface area contributed by atoms with Crippen LogP contribution in [0.4, 0.5) is 0 Å². The van der Waals surface area contributed by atoms with Crippen molar-refractivity contribution in [3.63, 3.8) is 0 Å². The molecule has 2 aliphatic carbocycles.